The second-order valence-electron chi connectivity index (χ2n) is 7.25. The molecule has 1 aliphatic rings. The normalized spacial score (nSPS) is 12.6. The SMILES string of the molecule is COc1cccc(-c2cc(C(=O)Nc3cccc(-c4cnc5n4CCC5)c3)[nH]n2)c1. The molecule has 7 heteroatoms. The zero-order chi connectivity index (χ0) is 20.5. The minimum Gasteiger partial charge on any atom is -0.497 e. The molecule has 30 heavy (non-hydrogen) atoms. The van der Waals surface area contributed by atoms with Crippen molar-refractivity contribution in [3.63, 3.8) is 0 Å². The molecule has 5 rings (SSSR count). The molecular weight excluding hydrogens is 378 g/mol. The number of aryl methyl sites for hydroxylation is 1. The lowest BCUT2D eigenvalue weighted by Gasteiger charge is -2.08. The van der Waals surface area contributed by atoms with Crippen LogP contribution in [0, 0.1) is 0 Å². The van der Waals surface area contributed by atoms with Crippen molar-refractivity contribution in [2.45, 2.75) is 19.4 Å². The third-order valence-electron chi connectivity index (χ3n) is 5.32. The molecule has 4 aromatic rings. The van der Waals surface area contributed by atoms with E-state index in [0.717, 1.165) is 53.5 Å². The number of ether oxygens (including phenoxy) is 1. The van der Waals surface area contributed by atoms with Gasteiger partial charge in [0.2, 0.25) is 0 Å². The van der Waals surface area contributed by atoms with Crippen molar-refractivity contribution in [3.8, 4) is 28.3 Å². The summed E-state index contributed by atoms with van der Waals surface area (Å²) in [6.45, 7) is 0.989. The van der Waals surface area contributed by atoms with Gasteiger partial charge in [0.25, 0.3) is 5.91 Å². The number of carbonyl (C=O) groups is 1. The first kappa shape index (κ1) is 18.2. The Kier molecular flexibility index (Phi) is 4.55. The zero-order valence-electron chi connectivity index (χ0n) is 16.6. The highest BCUT2D eigenvalue weighted by atomic mass is 16.5. The maximum absolute atomic E-state index is 12.7. The van der Waals surface area contributed by atoms with Crippen LogP contribution in [0.3, 0.4) is 0 Å². The maximum atomic E-state index is 12.7. The highest BCUT2D eigenvalue weighted by molar-refractivity contribution is 6.03. The summed E-state index contributed by atoms with van der Waals surface area (Å²) in [7, 11) is 1.62. The highest BCUT2D eigenvalue weighted by Gasteiger charge is 2.17. The van der Waals surface area contributed by atoms with Crippen LogP contribution >= 0.6 is 0 Å². The second kappa shape index (κ2) is 7.51. The van der Waals surface area contributed by atoms with Gasteiger partial charge in [-0.15, -0.1) is 0 Å². The third kappa shape index (κ3) is 3.34. The van der Waals surface area contributed by atoms with Crippen LogP contribution in [0.25, 0.3) is 22.5 Å². The van der Waals surface area contributed by atoms with Gasteiger partial charge in [-0.2, -0.15) is 5.10 Å². The molecule has 0 fully saturated rings. The molecule has 2 aromatic heterocycles. The number of H-pyrrole nitrogens is 1. The minimum atomic E-state index is -0.243. The fourth-order valence-corrected chi connectivity index (χ4v) is 3.81. The highest BCUT2D eigenvalue weighted by Crippen LogP contribution is 2.28. The van der Waals surface area contributed by atoms with Crippen LogP contribution in [-0.4, -0.2) is 32.8 Å². The molecule has 0 saturated carbocycles. The van der Waals surface area contributed by atoms with Gasteiger partial charge in [-0.25, -0.2) is 4.98 Å². The number of hydrogen-bond donors (Lipinski definition) is 2. The lowest BCUT2D eigenvalue weighted by Crippen LogP contribution is -2.12. The number of aromatic nitrogens is 4. The molecule has 0 unspecified atom stereocenters. The summed E-state index contributed by atoms with van der Waals surface area (Å²) in [6, 6.07) is 17.1. The van der Waals surface area contributed by atoms with E-state index >= 15 is 0 Å². The first-order valence-corrected chi connectivity index (χ1v) is 9.87. The van der Waals surface area contributed by atoms with Crippen molar-refractivity contribution in [2.75, 3.05) is 12.4 Å². The number of rotatable bonds is 5. The Balaban J connectivity index is 1.35. The van der Waals surface area contributed by atoms with Crippen molar-refractivity contribution in [2.24, 2.45) is 0 Å². The molecule has 1 aliphatic heterocycles. The van der Waals surface area contributed by atoms with Crippen LogP contribution in [0.5, 0.6) is 5.75 Å². The molecule has 0 aliphatic carbocycles. The topological polar surface area (TPSA) is 84.8 Å². The molecule has 7 nitrogen and oxygen atoms in total. The monoisotopic (exact) mass is 399 g/mol. The lowest BCUT2D eigenvalue weighted by atomic mass is 10.1. The predicted octanol–water partition coefficient (Wildman–Crippen LogP) is 4.15. The number of hydrogen-bond acceptors (Lipinski definition) is 4. The molecule has 2 aromatic carbocycles. The second-order valence-corrected chi connectivity index (χ2v) is 7.25. The Morgan fingerprint density at radius 2 is 2.00 bits per heavy atom. The number of benzene rings is 2. The smallest absolute Gasteiger partial charge is 0.273 e. The van der Waals surface area contributed by atoms with E-state index in [1.54, 1.807) is 13.2 Å². The molecule has 0 radical (unpaired) electrons. The fourth-order valence-electron chi connectivity index (χ4n) is 3.81. The van der Waals surface area contributed by atoms with Crippen molar-refractivity contribution < 1.29 is 9.53 Å². The first-order valence-electron chi connectivity index (χ1n) is 9.87. The van der Waals surface area contributed by atoms with Gasteiger partial charge in [0.15, 0.2) is 0 Å². The van der Waals surface area contributed by atoms with Crippen molar-refractivity contribution >= 4 is 11.6 Å². The lowest BCUT2D eigenvalue weighted by molar-refractivity contribution is 0.102. The average molecular weight is 399 g/mol. The molecule has 0 atom stereocenters. The summed E-state index contributed by atoms with van der Waals surface area (Å²) in [5.41, 5.74) is 4.80. The van der Waals surface area contributed by atoms with E-state index in [2.05, 4.69) is 25.1 Å². The number of methoxy groups -OCH3 is 1. The molecule has 1 amide bonds. The molecule has 2 N–H and O–H groups in total. The van der Waals surface area contributed by atoms with Gasteiger partial charge in [0.1, 0.15) is 17.3 Å². The largest absolute Gasteiger partial charge is 0.497 e. The fraction of sp³-hybridized carbons (Fsp3) is 0.174. The predicted molar refractivity (Wildman–Crippen MR) is 115 cm³/mol. The minimum absolute atomic E-state index is 0.243. The van der Waals surface area contributed by atoms with E-state index in [1.165, 1.54) is 0 Å². The number of amides is 1. The van der Waals surface area contributed by atoms with E-state index in [-0.39, 0.29) is 5.91 Å². The van der Waals surface area contributed by atoms with Crippen LogP contribution in [0.15, 0.2) is 60.8 Å². The van der Waals surface area contributed by atoms with Gasteiger partial charge in [-0.1, -0.05) is 24.3 Å². The third-order valence-corrected chi connectivity index (χ3v) is 5.32. The van der Waals surface area contributed by atoms with Gasteiger partial charge in [0.05, 0.1) is 24.7 Å². The summed E-state index contributed by atoms with van der Waals surface area (Å²) in [5.74, 6) is 1.62. The van der Waals surface area contributed by atoms with E-state index < -0.39 is 0 Å². The Morgan fingerprint density at radius 1 is 1.13 bits per heavy atom. The van der Waals surface area contributed by atoms with Gasteiger partial charge < -0.3 is 14.6 Å². The molecule has 3 heterocycles. The average Bonchev–Trinajstić information content (AvgIpc) is 3.51. The van der Waals surface area contributed by atoms with Crippen molar-refractivity contribution in [1.29, 1.82) is 0 Å². The van der Waals surface area contributed by atoms with E-state index in [9.17, 15) is 4.79 Å². The zero-order valence-corrected chi connectivity index (χ0v) is 16.6. The van der Waals surface area contributed by atoms with Crippen LogP contribution in [0.4, 0.5) is 5.69 Å². The molecule has 0 bridgehead atoms. The first-order chi connectivity index (χ1) is 14.7. The quantitative estimate of drug-likeness (QED) is 0.528. The van der Waals surface area contributed by atoms with Gasteiger partial charge in [-0.3, -0.25) is 9.89 Å². The summed E-state index contributed by atoms with van der Waals surface area (Å²) in [5, 5.41) is 10.0. The summed E-state index contributed by atoms with van der Waals surface area (Å²) in [6.07, 6.45) is 4.05. The number of anilines is 1. The van der Waals surface area contributed by atoms with Crippen LogP contribution < -0.4 is 10.1 Å². The van der Waals surface area contributed by atoms with Crippen molar-refractivity contribution in [1.82, 2.24) is 19.7 Å². The standard InChI is InChI=1S/C23H21N5O2/c1-30-18-8-3-5-15(12-18)19-13-20(27-26-19)23(29)25-17-7-2-6-16(11-17)21-14-24-22-9-4-10-28(21)22/h2-3,5-8,11-14H,4,9-10H2,1H3,(H,25,29)(H,26,27). The Bertz CT molecular complexity index is 1220. The summed E-state index contributed by atoms with van der Waals surface area (Å²) < 4.78 is 7.50. The van der Waals surface area contributed by atoms with Crippen LogP contribution in [0.1, 0.15) is 22.7 Å². The summed E-state index contributed by atoms with van der Waals surface area (Å²) >= 11 is 0. The van der Waals surface area contributed by atoms with Gasteiger partial charge in [-0.05, 0) is 36.8 Å². The van der Waals surface area contributed by atoms with Gasteiger partial charge >= 0.3 is 0 Å². The Morgan fingerprint density at radius 3 is 2.90 bits per heavy atom. The molecule has 0 spiro atoms. The summed E-state index contributed by atoms with van der Waals surface area (Å²) in [4.78, 5) is 17.3. The number of fused-ring (bicyclic) bond motifs is 1. The number of aromatic amines is 1. The van der Waals surface area contributed by atoms with Gasteiger partial charge in [0, 0.05) is 29.8 Å². The molecule has 150 valence electrons. The Hall–Kier alpha value is -3.87. The van der Waals surface area contributed by atoms with E-state index in [4.69, 9.17) is 4.74 Å². The number of nitrogens with one attached hydrogen (secondary N) is 2. The number of imidazole rings is 1. The van der Waals surface area contributed by atoms with E-state index in [1.807, 2.05) is 54.7 Å². The van der Waals surface area contributed by atoms with Crippen LogP contribution in [0.2, 0.25) is 0 Å². The number of carbonyl (C=O) groups excluding carboxylic acids is 1. The molecule has 0 saturated heterocycles. The van der Waals surface area contributed by atoms with E-state index in [0.29, 0.717) is 11.4 Å². The maximum Gasteiger partial charge on any atom is 0.273 e. The Labute approximate surface area is 173 Å². The van der Waals surface area contributed by atoms with Crippen molar-refractivity contribution in [3.05, 3.63) is 72.3 Å². The molecular formula is C23H21N5O2. The van der Waals surface area contributed by atoms with Crippen LogP contribution in [-0.2, 0) is 13.0 Å². The number of nitrogens with zero attached hydrogens (tertiary/aromatic N) is 3.